The second-order valence-electron chi connectivity index (χ2n) is 2.62. The van der Waals surface area contributed by atoms with E-state index in [0.29, 0.717) is 11.1 Å². The zero-order chi connectivity index (χ0) is 9.26. The van der Waals surface area contributed by atoms with Gasteiger partial charge < -0.3 is 0 Å². The Morgan fingerprint density at radius 2 is 1.93 bits per heavy atom. The number of nitrogens with zero attached hydrogens (tertiary/aromatic N) is 1. The second-order valence-corrected chi connectivity index (χ2v) is 2.62. The second kappa shape index (κ2) is 5.48. The van der Waals surface area contributed by atoms with Crippen LogP contribution in [-0.2, 0) is 9.59 Å². The molecule has 15 heavy (non-hydrogen) atoms. The van der Waals surface area contributed by atoms with Gasteiger partial charge in [0.1, 0.15) is 0 Å². The molecule has 1 N–H and O–H groups in total. The van der Waals surface area contributed by atoms with Gasteiger partial charge in [-0.1, -0.05) is 6.07 Å². The molecule has 1 aliphatic heterocycles. The zero-order valence-corrected chi connectivity index (χ0v) is 9.10. The first-order chi connectivity index (χ1) is 6.27. The Morgan fingerprint density at radius 1 is 1.20 bits per heavy atom. The van der Waals surface area contributed by atoms with Gasteiger partial charge in [0.2, 0.25) is 0 Å². The van der Waals surface area contributed by atoms with Crippen LogP contribution in [0.25, 0.3) is 5.57 Å². The monoisotopic (exact) mass is 246 g/mol. The summed E-state index contributed by atoms with van der Waals surface area (Å²) in [5.41, 5.74) is 1.03. The molecule has 2 rings (SSSR count). The van der Waals surface area contributed by atoms with E-state index in [0.717, 1.165) is 0 Å². The lowest BCUT2D eigenvalue weighted by molar-refractivity contribution is -0.123. The van der Waals surface area contributed by atoms with Crippen molar-refractivity contribution in [3.05, 3.63) is 36.2 Å². The average molecular weight is 247 g/mol. The number of carbonyl (C=O) groups excluding carboxylic acids is 2. The number of imide groups is 1. The molecule has 4 nitrogen and oxygen atoms in total. The van der Waals surface area contributed by atoms with Crippen molar-refractivity contribution in [2.24, 2.45) is 0 Å². The lowest BCUT2D eigenvalue weighted by Crippen LogP contribution is -2.21. The molecule has 0 saturated carbocycles. The quantitative estimate of drug-likeness (QED) is 0.752. The summed E-state index contributed by atoms with van der Waals surface area (Å²) in [6.45, 7) is 0. The fourth-order valence-corrected chi connectivity index (χ4v) is 1.15. The van der Waals surface area contributed by atoms with E-state index in [1.807, 2.05) is 0 Å². The molecule has 1 aromatic rings. The highest BCUT2D eigenvalue weighted by Crippen LogP contribution is 2.15. The average Bonchev–Trinajstić information content (AvgIpc) is 2.47. The van der Waals surface area contributed by atoms with E-state index in [9.17, 15) is 9.59 Å². The number of nitrogens with one attached hydrogen (secondary N) is 1. The maximum absolute atomic E-state index is 11.2. The van der Waals surface area contributed by atoms with Crippen LogP contribution in [0.5, 0.6) is 0 Å². The third-order valence-corrected chi connectivity index (χ3v) is 1.73. The number of rotatable bonds is 1. The van der Waals surface area contributed by atoms with E-state index in [2.05, 4.69) is 10.3 Å². The van der Waals surface area contributed by atoms with E-state index >= 15 is 0 Å². The maximum Gasteiger partial charge on any atom is 0.258 e. The van der Waals surface area contributed by atoms with Gasteiger partial charge in [0, 0.05) is 24.0 Å². The van der Waals surface area contributed by atoms with Crippen LogP contribution in [-0.4, -0.2) is 16.8 Å². The zero-order valence-electron chi connectivity index (χ0n) is 7.47. The minimum atomic E-state index is -0.371. The number of hydrogen-bond acceptors (Lipinski definition) is 3. The van der Waals surface area contributed by atoms with Crippen LogP contribution >= 0.6 is 24.8 Å². The highest BCUT2D eigenvalue weighted by atomic mass is 35.5. The van der Waals surface area contributed by atoms with E-state index in [1.165, 1.54) is 6.08 Å². The van der Waals surface area contributed by atoms with Gasteiger partial charge >= 0.3 is 0 Å². The predicted molar refractivity (Wildman–Crippen MR) is 59.9 cm³/mol. The smallest absolute Gasteiger partial charge is 0.258 e. The van der Waals surface area contributed by atoms with Gasteiger partial charge in [0.05, 0.1) is 5.57 Å². The minimum absolute atomic E-state index is 0. The summed E-state index contributed by atoms with van der Waals surface area (Å²) in [5.74, 6) is -0.734. The topological polar surface area (TPSA) is 59.1 Å². The molecule has 0 radical (unpaired) electrons. The molecule has 0 atom stereocenters. The first-order valence-corrected chi connectivity index (χ1v) is 3.75. The molecule has 0 unspecified atom stereocenters. The molecule has 0 saturated heterocycles. The van der Waals surface area contributed by atoms with Crippen LogP contribution in [0, 0.1) is 0 Å². The summed E-state index contributed by atoms with van der Waals surface area (Å²) in [6, 6.07) is 3.45. The molecule has 0 bridgehead atoms. The van der Waals surface area contributed by atoms with Crippen LogP contribution in [0.1, 0.15) is 5.56 Å². The van der Waals surface area contributed by atoms with E-state index in [4.69, 9.17) is 0 Å². The molecule has 0 aromatic carbocycles. The van der Waals surface area contributed by atoms with Crippen LogP contribution < -0.4 is 5.32 Å². The van der Waals surface area contributed by atoms with Crippen molar-refractivity contribution in [3.8, 4) is 0 Å². The summed E-state index contributed by atoms with van der Waals surface area (Å²) in [4.78, 5) is 25.8. The maximum atomic E-state index is 11.2. The number of aromatic nitrogens is 1. The van der Waals surface area contributed by atoms with E-state index in [-0.39, 0.29) is 36.6 Å². The Kier molecular flexibility index (Phi) is 4.97. The Balaban J connectivity index is 0.000000980. The molecular weight excluding hydrogens is 239 g/mol. The van der Waals surface area contributed by atoms with Crippen molar-refractivity contribution in [1.82, 2.24) is 10.3 Å². The Bertz CT molecular complexity index is 404. The highest BCUT2D eigenvalue weighted by Gasteiger charge is 2.21. The molecule has 0 aliphatic carbocycles. The molecule has 2 heterocycles. The first kappa shape index (κ1) is 13.6. The van der Waals surface area contributed by atoms with Crippen molar-refractivity contribution >= 4 is 42.2 Å². The van der Waals surface area contributed by atoms with Gasteiger partial charge in [-0.25, -0.2) is 0 Å². The number of carbonyl (C=O) groups is 2. The lowest BCUT2D eigenvalue weighted by atomic mass is 10.1. The first-order valence-electron chi connectivity index (χ1n) is 3.75. The minimum Gasteiger partial charge on any atom is -0.289 e. The normalized spacial score (nSPS) is 13.5. The standard InChI is InChI=1S/C9H6N2O2.2ClH/c12-8-4-7(9(13)11-8)6-2-1-3-10-5-6;;/h1-5H,(H,11,12,13);2*1H. The molecule has 80 valence electrons. The van der Waals surface area contributed by atoms with Crippen LogP contribution in [0.2, 0.25) is 0 Å². The predicted octanol–water partition coefficient (Wildman–Crippen LogP) is 0.965. The number of hydrogen-bond donors (Lipinski definition) is 1. The van der Waals surface area contributed by atoms with Crippen molar-refractivity contribution in [1.29, 1.82) is 0 Å². The molecule has 0 spiro atoms. The Labute approximate surface area is 98.6 Å². The highest BCUT2D eigenvalue weighted by molar-refractivity contribution is 6.33. The summed E-state index contributed by atoms with van der Waals surface area (Å²) in [5, 5.41) is 2.17. The van der Waals surface area contributed by atoms with Crippen LogP contribution in [0.4, 0.5) is 0 Å². The van der Waals surface area contributed by atoms with Crippen LogP contribution in [0.15, 0.2) is 30.6 Å². The summed E-state index contributed by atoms with van der Waals surface area (Å²) < 4.78 is 0. The van der Waals surface area contributed by atoms with Gasteiger partial charge in [0.15, 0.2) is 0 Å². The SMILES string of the molecule is Cl.Cl.O=C1C=C(c2cccnc2)C(=O)N1. The van der Waals surface area contributed by atoms with Gasteiger partial charge in [-0.2, -0.15) is 0 Å². The van der Waals surface area contributed by atoms with Gasteiger partial charge in [-0.3, -0.25) is 19.9 Å². The molecular formula is C9H8Cl2N2O2. The molecule has 0 fully saturated rings. The number of pyridine rings is 1. The van der Waals surface area contributed by atoms with Crippen LogP contribution in [0.3, 0.4) is 0 Å². The Hall–Kier alpha value is -1.39. The lowest BCUT2D eigenvalue weighted by Gasteiger charge is -1.96. The van der Waals surface area contributed by atoms with E-state index < -0.39 is 0 Å². The van der Waals surface area contributed by atoms with Crippen molar-refractivity contribution in [2.45, 2.75) is 0 Å². The van der Waals surface area contributed by atoms with Gasteiger partial charge in [0.25, 0.3) is 11.8 Å². The van der Waals surface area contributed by atoms with Crippen molar-refractivity contribution in [2.75, 3.05) is 0 Å². The summed E-state index contributed by atoms with van der Waals surface area (Å²) in [7, 11) is 0. The molecule has 6 heteroatoms. The number of halogens is 2. The Morgan fingerprint density at radius 3 is 2.40 bits per heavy atom. The number of amides is 2. The molecule has 1 aliphatic rings. The largest absolute Gasteiger partial charge is 0.289 e. The van der Waals surface area contributed by atoms with Gasteiger partial charge in [-0.15, -0.1) is 24.8 Å². The third kappa shape index (κ3) is 2.78. The van der Waals surface area contributed by atoms with Crippen molar-refractivity contribution < 1.29 is 9.59 Å². The summed E-state index contributed by atoms with van der Waals surface area (Å²) in [6.07, 6.45) is 4.43. The summed E-state index contributed by atoms with van der Waals surface area (Å²) >= 11 is 0. The molecule has 2 amide bonds. The van der Waals surface area contributed by atoms with Crippen molar-refractivity contribution in [3.63, 3.8) is 0 Å². The molecule has 1 aromatic heterocycles. The van der Waals surface area contributed by atoms with Gasteiger partial charge in [-0.05, 0) is 6.07 Å². The third-order valence-electron chi connectivity index (χ3n) is 1.73. The fraction of sp³-hybridized carbons (Fsp3) is 0. The fourth-order valence-electron chi connectivity index (χ4n) is 1.15. The van der Waals surface area contributed by atoms with E-state index in [1.54, 1.807) is 24.5 Å².